The number of nitriles is 1. The smallest absolute Gasteiger partial charge is 0.267 e. The van der Waals surface area contributed by atoms with E-state index in [1.807, 2.05) is 25.1 Å². The fraction of sp³-hybridized carbons (Fsp3) is 0.231. The van der Waals surface area contributed by atoms with Crippen LogP contribution in [0.2, 0.25) is 0 Å². The third kappa shape index (κ3) is 3.99. The zero-order valence-electron chi connectivity index (χ0n) is 10.2. The average Bonchev–Trinajstić information content (AvgIpc) is 2.28. The monoisotopic (exact) mass is 229 g/mol. The van der Waals surface area contributed by atoms with Crippen LogP contribution < -0.4 is 5.32 Å². The van der Waals surface area contributed by atoms with Crippen LogP contribution in [0.3, 0.4) is 0 Å². The van der Waals surface area contributed by atoms with Gasteiger partial charge in [-0.2, -0.15) is 5.26 Å². The summed E-state index contributed by atoms with van der Waals surface area (Å²) in [6.45, 7) is 1.97. The number of hydrogen-bond acceptors (Lipinski definition) is 3. The first-order valence-corrected chi connectivity index (χ1v) is 5.19. The summed E-state index contributed by atoms with van der Waals surface area (Å²) in [6.07, 6.45) is 1.49. The molecule has 1 N–H and O–H groups in total. The van der Waals surface area contributed by atoms with Crippen molar-refractivity contribution in [1.82, 2.24) is 4.90 Å². The van der Waals surface area contributed by atoms with Crippen molar-refractivity contribution in [2.75, 3.05) is 19.4 Å². The number of nitrogens with one attached hydrogen (secondary N) is 1. The van der Waals surface area contributed by atoms with E-state index in [1.54, 1.807) is 31.1 Å². The number of nitrogens with zero attached hydrogens (tertiary/aromatic N) is 2. The van der Waals surface area contributed by atoms with Crippen molar-refractivity contribution in [2.45, 2.75) is 6.92 Å². The third-order valence-corrected chi connectivity index (χ3v) is 2.06. The molecule has 0 atom stereocenters. The van der Waals surface area contributed by atoms with Gasteiger partial charge in [0.25, 0.3) is 5.91 Å². The zero-order chi connectivity index (χ0) is 12.8. The Morgan fingerprint density at radius 3 is 2.41 bits per heavy atom. The van der Waals surface area contributed by atoms with Gasteiger partial charge in [-0.25, -0.2) is 0 Å². The number of carbonyl (C=O) groups excluding carboxylic acids is 1. The van der Waals surface area contributed by atoms with Crippen LogP contribution in [0.4, 0.5) is 5.69 Å². The van der Waals surface area contributed by atoms with Gasteiger partial charge < -0.3 is 10.2 Å². The second-order valence-corrected chi connectivity index (χ2v) is 3.94. The molecule has 0 saturated heterocycles. The highest BCUT2D eigenvalue weighted by atomic mass is 16.1. The van der Waals surface area contributed by atoms with Crippen LogP contribution in [0, 0.1) is 18.3 Å². The van der Waals surface area contributed by atoms with E-state index in [0.29, 0.717) is 5.69 Å². The lowest BCUT2D eigenvalue weighted by Gasteiger charge is -2.07. The molecule has 1 aromatic rings. The van der Waals surface area contributed by atoms with E-state index >= 15 is 0 Å². The minimum Gasteiger partial charge on any atom is -0.382 e. The highest BCUT2D eigenvalue weighted by Crippen LogP contribution is 2.10. The molecular formula is C13H15N3O. The molecule has 0 aliphatic carbocycles. The van der Waals surface area contributed by atoms with E-state index < -0.39 is 5.91 Å². The quantitative estimate of drug-likeness (QED) is 0.636. The van der Waals surface area contributed by atoms with Gasteiger partial charge in [-0.15, -0.1) is 0 Å². The zero-order valence-corrected chi connectivity index (χ0v) is 10.2. The first kappa shape index (κ1) is 12.8. The Labute approximate surface area is 101 Å². The molecule has 0 unspecified atom stereocenters. The maximum absolute atomic E-state index is 11.7. The standard InChI is InChI=1S/C13H15N3O/c1-10-4-6-12(7-5-10)15-13(17)11(8-14)9-16(2)3/h4-7,9H,1-3H3,(H,15,17). The number of rotatable bonds is 3. The largest absolute Gasteiger partial charge is 0.382 e. The molecule has 4 heteroatoms. The fourth-order valence-electron chi connectivity index (χ4n) is 1.23. The molecule has 0 bridgehead atoms. The normalized spacial score (nSPS) is 10.6. The Morgan fingerprint density at radius 2 is 1.94 bits per heavy atom. The molecule has 0 heterocycles. The van der Waals surface area contributed by atoms with Gasteiger partial charge in [0.2, 0.25) is 0 Å². The van der Waals surface area contributed by atoms with E-state index in [2.05, 4.69) is 5.32 Å². The first-order valence-electron chi connectivity index (χ1n) is 5.19. The van der Waals surface area contributed by atoms with E-state index in [1.165, 1.54) is 6.20 Å². The van der Waals surface area contributed by atoms with E-state index in [0.717, 1.165) is 5.56 Å². The van der Waals surface area contributed by atoms with Crippen molar-refractivity contribution in [3.8, 4) is 6.07 Å². The molecule has 0 aliphatic rings. The predicted molar refractivity (Wildman–Crippen MR) is 67.2 cm³/mol. The van der Waals surface area contributed by atoms with Gasteiger partial charge in [-0.05, 0) is 19.1 Å². The number of aryl methyl sites for hydroxylation is 1. The van der Waals surface area contributed by atoms with Crippen molar-refractivity contribution in [2.24, 2.45) is 0 Å². The number of benzene rings is 1. The van der Waals surface area contributed by atoms with Gasteiger partial charge in [-0.1, -0.05) is 17.7 Å². The molecule has 4 nitrogen and oxygen atoms in total. The maximum atomic E-state index is 11.7. The van der Waals surface area contributed by atoms with E-state index in [-0.39, 0.29) is 5.57 Å². The number of hydrogen-bond donors (Lipinski definition) is 1. The van der Waals surface area contributed by atoms with Crippen molar-refractivity contribution < 1.29 is 4.79 Å². The van der Waals surface area contributed by atoms with E-state index in [4.69, 9.17) is 5.26 Å². The molecule has 88 valence electrons. The number of anilines is 1. The molecule has 0 aliphatic heterocycles. The highest BCUT2D eigenvalue weighted by Gasteiger charge is 2.09. The van der Waals surface area contributed by atoms with Crippen molar-refractivity contribution in [3.05, 3.63) is 41.6 Å². The number of carbonyl (C=O) groups is 1. The van der Waals surface area contributed by atoms with Crippen molar-refractivity contribution >= 4 is 11.6 Å². The summed E-state index contributed by atoms with van der Waals surface area (Å²) >= 11 is 0. The second kappa shape index (κ2) is 5.71. The summed E-state index contributed by atoms with van der Waals surface area (Å²) in [6, 6.07) is 9.28. The van der Waals surface area contributed by atoms with E-state index in [9.17, 15) is 4.79 Å². The summed E-state index contributed by atoms with van der Waals surface area (Å²) in [5.74, 6) is -0.398. The van der Waals surface area contributed by atoms with Crippen LogP contribution >= 0.6 is 0 Å². The molecule has 0 fully saturated rings. The summed E-state index contributed by atoms with van der Waals surface area (Å²) in [5, 5.41) is 11.5. The molecule has 0 radical (unpaired) electrons. The molecule has 1 aromatic carbocycles. The molecule has 0 aromatic heterocycles. The minimum absolute atomic E-state index is 0.0792. The summed E-state index contributed by atoms with van der Waals surface area (Å²) in [4.78, 5) is 13.4. The summed E-state index contributed by atoms with van der Waals surface area (Å²) in [7, 11) is 3.52. The molecule has 1 amide bonds. The van der Waals surface area contributed by atoms with Crippen LogP contribution in [0.5, 0.6) is 0 Å². The highest BCUT2D eigenvalue weighted by molar-refractivity contribution is 6.06. The van der Waals surface area contributed by atoms with Crippen molar-refractivity contribution in [3.63, 3.8) is 0 Å². The van der Waals surface area contributed by atoms with Gasteiger partial charge >= 0.3 is 0 Å². The van der Waals surface area contributed by atoms with Gasteiger partial charge in [-0.3, -0.25) is 4.79 Å². The van der Waals surface area contributed by atoms with Crippen LogP contribution in [0.1, 0.15) is 5.56 Å². The average molecular weight is 229 g/mol. The lowest BCUT2D eigenvalue weighted by atomic mass is 10.2. The van der Waals surface area contributed by atoms with Gasteiger partial charge in [0.1, 0.15) is 11.6 Å². The van der Waals surface area contributed by atoms with Crippen LogP contribution in [0.15, 0.2) is 36.0 Å². The SMILES string of the molecule is Cc1ccc(NC(=O)C(C#N)=CN(C)C)cc1. The second-order valence-electron chi connectivity index (χ2n) is 3.94. The number of amides is 1. The first-order chi connectivity index (χ1) is 8.02. The predicted octanol–water partition coefficient (Wildman–Crippen LogP) is 1.90. The molecule has 17 heavy (non-hydrogen) atoms. The topological polar surface area (TPSA) is 56.1 Å². The van der Waals surface area contributed by atoms with Crippen molar-refractivity contribution in [1.29, 1.82) is 5.26 Å². The Bertz CT molecular complexity index is 466. The Balaban J connectivity index is 2.79. The maximum Gasteiger partial charge on any atom is 0.267 e. The Hall–Kier alpha value is -2.28. The molecular weight excluding hydrogens is 214 g/mol. The van der Waals surface area contributed by atoms with Crippen LogP contribution in [-0.2, 0) is 4.79 Å². The van der Waals surface area contributed by atoms with Crippen LogP contribution in [-0.4, -0.2) is 24.9 Å². The molecule has 0 saturated carbocycles. The van der Waals surface area contributed by atoms with Gasteiger partial charge in [0.15, 0.2) is 0 Å². The molecule has 0 spiro atoms. The Kier molecular flexibility index (Phi) is 4.29. The fourth-order valence-corrected chi connectivity index (χ4v) is 1.23. The lowest BCUT2D eigenvalue weighted by Crippen LogP contribution is -2.16. The Morgan fingerprint density at radius 1 is 1.35 bits per heavy atom. The summed E-state index contributed by atoms with van der Waals surface area (Å²) in [5.41, 5.74) is 1.88. The summed E-state index contributed by atoms with van der Waals surface area (Å²) < 4.78 is 0. The molecule has 1 rings (SSSR count). The van der Waals surface area contributed by atoms with Gasteiger partial charge in [0.05, 0.1) is 0 Å². The lowest BCUT2D eigenvalue weighted by molar-refractivity contribution is -0.112. The third-order valence-electron chi connectivity index (χ3n) is 2.06. The minimum atomic E-state index is -0.398. The van der Waals surface area contributed by atoms with Crippen LogP contribution in [0.25, 0.3) is 0 Å². The van der Waals surface area contributed by atoms with Gasteiger partial charge in [0, 0.05) is 26.0 Å².